The van der Waals surface area contributed by atoms with Gasteiger partial charge in [-0.1, -0.05) is 167 Å². The standard InChI is InChI=1S/C39H73O8P/c1-3-5-7-9-11-13-15-17-18-19-20-22-24-26-28-30-32-34-39(41)47-37(36-46-48(42,43)44)35-45-38(40)33-31-29-27-25-23-21-16-14-12-10-8-6-4-2/h20,22,26,28,37H,3-19,21,23-25,27,29-36H2,1-2H3,(H2,42,43,44)/b22-20+,28-26+/t37-/m1/s1. The highest BCUT2D eigenvalue weighted by molar-refractivity contribution is 7.46. The number of hydrogen-bond donors (Lipinski definition) is 2. The lowest BCUT2D eigenvalue weighted by atomic mass is 10.0. The van der Waals surface area contributed by atoms with Crippen LogP contribution in [-0.2, 0) is 28.2 Å². The lowest BCUT2D eigenvalue weighted by molar-refractivity contribution is -0.161. The van der Waals surface area contributed by atoms with Crippen LogP contribution >= 0.6 is 7.82 Å². The summed E-state index contributed by atoms with van der Waals surface area (Å²) in [4.78, 5) is 42.7. The van der Waals surface area contributed by atoms with E-state index in [0.717, 1.165) is 38.5 Å². The van der Waals surface area contributed by atoms with Gasteiger partial charge in [0.1, 0.15) is 6.61 Å². The molecule has 0 bridgehead atoms. The quantitative estimate of drug-likeness (QED) is 0.0287. The second kappa shape index (κ2) is 35.4. The second-order valence-electron chi connectivity index (χ2n) is 13.3. The van der Waals surface area contributed by atoms with Gasteiger partial charge >= 0.3 is 19.8 Å². The van der Waals surface area contributed by atoms with Crippen molar-refractivity contribution in [2.24, 2.45) is 0 Å². The van der Waals surface area contributed by atoms with Crippen molar-refractivity contribution in [3.63, 3.8) is 0 Å². The van der Waals surface area contributed by atoms with Crippen molar-refractivity contribution < 1.29 is 37.9 Å². The highest BCUT2D eigenvalue weighted by Gasteiger charge is 2.22. The van der Waals surface area contributed by atoms with E-state index in [1.807, 2.05) is 6.08 Å². The summed E-state index contributed by atoms with van der Waals surface area (Å²) in [5, 5.41) is 0. The Bertz CT molecular complexity index is 838. The first-order valence-corrected chi connectivity index (χ1v) is 21.2. The molecule has 0 spiro atoms. The van der Waals surface area contributed by atoms with Crippen LogP contribution in [0.2, 0.25) is 0 Å². The summed E-state index contributed by atoms with van der Waals surface area (Å²) in [6.45, 7) is 3.65. The maximum absolute atomic E-state index is 12.3. The van der Waals surface area contributed by atoms with Crippen LogP contribution in [0, 0.1) is 0 Å². The topological polar surface area (TPSA) is 119 Å². The average molecular weight is 701 g/mol. The molecular weight excluding hydrogens is 627 g/mol. The maximum Gasteiger partial charge on any atom is 0.469 e. The number of ether oxygens (including phenoxy) is 2. The number of hydrogen-bond acceptors (Lipinski definition) is 6. The average Bonchev–Trinajstić information content (AvgIpc) is 3.05. The molecule has 282 valence electrons. The Labute approximate surface area is 294 Å². The lowest BCUT2D eigenvalue weighted by Gasteiger charge is -2.18. The Morgan fingerprint density at radius 2 is 0.958 bits per heavy atom. The minimum Gasteiger partial charge on any atom is -0.462 e. The number of allylic oxidation sites excluding steroid dienone is 4. The van der Waals surface area contributed by atoms with Crippen LogP contribution in [0.15, 0.2) is 24.3 Å². The van der Waals surface area contributed by atoms with Gasteiger partial charge in [0.05, 0.1) is 6.61 Å². The van der Waals surface area contributed by atoms with E-state index in [1.54, 1.807) is 0 Å². The molecule has 0 radical (unpaired) electrons. The zero-order chi connectivity index (χ0) is 35.4. The van der Waals surface area contributed by atoms with E-state index in [1.165, 1.54) is 122 Å². The first-order chi connectivity index (χ1) is 23.3. The van der Waals surface area contributed by atoms with Crippen molar-refractivity contribution in [1.29, 1.82) is 0 Å². The molecule has 0 saturated carbocycles. The predicted octanol–water partition coefficient (Wildman–Crippen LogP) is 11.6. The van der Waals surface area contributed by atoms with Gasteiger partial charge in [-0.05, 0) is 38.5 Å². The van der Waals surface area contributed by atoms with Crippen LogP contribution in [-0.4, -0.2) is 41.0 Å². The van der Waals surface area contributed by atoms with Gasteiger partial charge in [-0.2, -0.15) is 0 Å². The fraction of sp³-hybridized carbons (Fsp3) is 0.846. The highest BCUT2D eigenvalue weighted by Crippen LogP contribution is 2.36. The van der Waals surface area contributed by atoms with E-state index in [9.17, 15) is 14.2 Å². The van der Waals surface area contributed by atoms with Crippen molar-refractivity contribution >= 4 is 19.8 Å². The summed E-state index contributed by atoms with van der Waals surface area (Å²) in [6.07, 6.45) is 39.1. The first-order valence-electron chi connectivity index (χ1n) is 19.6. The van der Waals surface area contributed by atoms with Gasteiger partial charge < -0.3 is 19.3 Å². The van der Waals surface area contributed by atoms with Crippen molar-refractivity contribution in [2.45, 2.75) is 200 Å². The first kappa shape index (κ1) is 46.5. The third-order valence-corrected chi connectivity index (χ3v) is 8.96. The van der Waals surface area contributed by atoms with E-state index in [0.29, 0.717) is 6.42 Å². The molecule has 1 atom stereocenters. The number of phosphoric ester groups is 1. The van der Waals surface area contributed by atoms with E-state index >= 15 is 0 Å². The molecule has 0 aliphatic carbocycles. The SMILES string of the molecule is CCCCCCCCCCC/C=C/C/C=C/CCCC(=O)O[C@H](COC(=O)CCCCCCCCCCCCCCC)COP(=O)(O)O. The van der Waals surface area contributed by atoms with Crippen LogP contribution in [0.25, 0.3) is 0 Å². The van der Waals surface area contributed by atoms with Gasteiger partial charge in [-0.25, -0.2) is 4.57 Å². The van der Waals surface area contributed by atoms with Crippen LogP contribution in [0.4, 0.5) is 0 Å². The van der Waals surface area contributed by atoms with E-state index in [2.05, 4.69) is 36.6 Å². The maximum atomic E-state index is 12.3. The number of rotatable bonds is 36. The summed E-state index contributed by atoms with van der Waals surface area (Å²) in [5.41, 5.74) is 0. The molecule has 0 rings (SSSR count). The molecule has 8 nitrogen and oxygen atoms in total. The lowest BCUT2D eigenvalue weighted by Crippen LogP contribution is -2.29. The molecule has 0 fully saturated rings. The fourth-order valence-corrected chi connectivity index (χ4v) is 5.89. The van der Waals surface area contributed by atoms with Crippen LogP contribution in [0.1, 0.15) is 194 Å². The molecule has 0 unspecified atom stereocenters. The molecule has 0 aliphatic rings. The monoisotopic (exact) mass is 701 g/mol. The molecule has 0 saturated heterocycles. The summed E-state index contributed by atoms with van der Waals surface area (Å²) < 4.78 is 26.3. The number of unbranched alkanes of at least 4 members (excludes halogenated alkanes) is 22. The largest absolute Gasteiger partial charge is 0.469 e. The van der Waals surface area contributed by atoms with E-state index in [-0.39, 0.29) is 19.4 Å². The molecule has 0 aromatic heterocycles. The van der Waals surface area contributed by atoms with Crippen LogP contribution in [0.3, 0.4) is 0 Å². The molecule has 2 N–H and O–H groups in total. The molecule has 9 heteroatoms. The minimum absolute atomic E-state index is 0.151. The molecule has 0 heterocycles. The normalized spacial score (nSPS) is 12.7. The van der Waals surface area contributed by atoms with Crippen molar-refractivity contribution in [1.82, 2.24) is 0 Å². The minimum atomic E-state index is -4.76. The zero-order valence-corrected chi connectivity index (χ0v) is 31.8. The van der Waals surface area contributed by atoms with Gasteiger partial charge in [0.15, 0.2) is 6.10 Å². The Morgan fingerprint density at radius 1 is 0.542 bits per heavy atom. The smallest absolute Gasteiger partial charge is 0.462 e. The summed E-state index contributed by atoms with van der Waals surface area (Å²) in [5.74, 6) is -0.932. The van der Waals surface area contributed by atoms with Gasteiger partial charge in [0.25, 0.3) is 0 Å². The van der Waals surface area contributed by atoms with E-state index in [4.69, 9.17) is 19.3 Å². The van der Waals surface area contributed by atoms with Gasteiger partial charge in [-0.3, -0.25) is 14.1 Å². The number of carbonyl (C=O) groups is 2. The van der Waals surface area contributed by atoms with Crippen molar-refractivity contribution in [3.05, 3.63) is 24.3 Å². The Kier molecular flexibility index (Phi) is 34.3. The Morgan fingerprint density at radius 3 is 1.44 bits per heavy atom. The zero-order valence-electron chi connectivity index (χ0n) is 30.9. The fourth-order valence-electron chi connectivity index (χ4n) is 5.53. The molecular formula is C39H73O8P. The summed E-state index contributed by atoms with van der Waals surface area (Å²) in [7, 11) is -4.76. The number of esters is 2. The predicted molar refractivity (Wildman–Crippen MR) is 198 cm³/mol. The van der Waals surface area contributed by atoms with Gasteiger partial charge in [-0.15, -0.1) is 0 Å². The molecule has 0 aromatic rings. The second-order valence-corrected chi connectivity index (χ2v) is 14.5. The molecule has 48 heavy (non-hydrogen) atoms. The molecule has 0 aliphatic heterocycles. The Hall–Kier alpha value is -1.47. The summed E-state index contributed by atoms with van der Waals surface area (Å²) in [6, 6.07) is 0. The molecule has 0 amide bonds. The third-order valence-electron chi connectivity index (χ3n) is 8.47. The molecule has 0 aromatic carbocycles. The number of phosphoric acid groups is 1. The third kappa shape index (κ3) is 37.4. The Balaban J connectivity index is 4.00. The van der Waals surface area contributed by atoms with Gasteiger partial charge in [0.2, 0.25) is 0 Å². The van der Waals surface area contributed by atoms with Crippen LogP contribution < -0.4 is 0 Å². The van der Waals surface area contributed by atoms with Gasteiger partial charge in [0, 0.05) is 12.8 Å². The van der Waals surface area contributed by atoms with Crippen molar-refractivity contribution in [2.75, 3.05) is 13.2 Å². The van der Waals surface area contributed by atoms with E-state index < -0.39 is 32.5 Å². The summed E-state index contributed by atoms with van der Waals surface area (Å²) >= 11 is 0. The van der Waals surface area contributed by atoms with Crippen molar-refractivity contribution in [3.8, 4) is 0 Å². The van der Waals surface area contributed by atoms with Crippen LogP contribution in [0.5, 0.6) is 0 Å². The highest BCUT2D eigenvalue weighted by atomic mass is 31.2. The number of carbonyl (C=O) groups excluding carboxylic acids is 2.